The molecule has 0 spiro atoms. The van der Waals surface area contributed by atoms with Crippen LogP contribution in [-0.4, -0.2) is 78.2 Å². The van der Waals surface area contributed by atoms with Crippen LogP contribution in [0.5, 0.6) is 0 Å². The highest BCUT2D eigenvalue weighted by molar-refractivity contribution is 5.96. The summed E-state index contributed by atoms with van der Waals surface area (Å²) in [5.74, 6) is -2.48. The van der Waals surface area contributed by atoms with Crippen LogP contribution >= 0.6 is 0 Å². The third kappa shape index (κ3) is 21.8. The van der Waals surface area contributed by atoms with Crippen LogP contribution in [-0.2, 0) is 38.2 Å². The number of piperidine rings is 1. The van der Waals surface area contributed by atoms with Gasteiger partial charge in [-0.15, -0.1) is 0 Å². The summed E-state index contributed by atoms with van der Waals surface area (Å²) >= 11 is 0. The number of aliphatic carboxylic acids is 1. The normalized spacial score (nSPS) is 14.2. The van der Waals surface area contributed by atoms with E-state index < -0.39 is 30.0 Å². The van der Waals surface area contributed by atoms with Gasteiger partial charge in [0.25, 0.3) is 0 Å². The fourth-order valence-electron chi connectivity index (χ4n) is 5.97. The molecule has 0 aliphatic carbocycles. The maximum atomic E-state index is 12.7. The van der Waals surface area contributed by atoms with Crippen LogP contribution < -0.4 is 5.32 Å². The standard InChI is InChI=1S/C23H40O8.C18H28N2O/c1-3-5-7-9-11-13-21(26)29-17-19(31-23(28)16-15-20(24)25)18-30-22(27)14-12-10-8-6-4-2;1-4-5-12-20-13-7-6-11-16(20)18(21)19-17-14(2)9-8-10-15(17)3/h19H,3-18H2,1-2H3,(H,24,25);8-10,16H,4-7,11-13H2,1-3H3,(H,19,21). The number of ether oxygens (including phenoxy) is 3. The Labute approximate surface area is 312 Å². The van der Waals surface area contributed by atoms with Crippen LogP contribution in [0.3, 0.4) is 0 Å². The maximum Gasteiger partial charge on any atom is 0.306 e. The zero-order valence-corrected chi connectivity index (χ0v) is 32.8. The molecule has 1 unspecified atom stereocenters. The maximum absolute atomic E-state index is 12.7. The van der Waals surface area contributed by atoms with Gasteiger partial charge in [-0.05, 0) is 70.2 Å². The summed E-state index contributed by atoms with van der Waals surface area (Å²) in [6.45, 7) is 12.2. The number of carboxylic acid groups (broad SMARTS) is 1. The highest BCUT2D eigenvalue weighted by Crippen LogP contribution is 2.23. The first kappa shape index (κ1) is 46.6. The fourth-order valence-corrected chi connectivity index (χ4v) is 5.97. The topological polar surface area (TPSA) is 149 Å². The Morgan fingerprint density at radius 3 is 1.79 bits per heavy atom. The predicted molar refractivity (Wildman–Crippen MR) is 204 cm³/mol. The average Bonchev–Trinajstić information content (AvgIpc) is 3.12. The van der Waals surface area contributed by atoms with E-state index in [4.69, 9.17) is 19.3 Å². The Hall–Kier alpha value is -3.47. The molecule has 2 N–H and O–H groups in total. The van der Waals surface area contributed by atoms with Crippen LogP contribution in [0, 0.1) is 13.8 Å². The van der Waals surface area contributed by atoms with Crippen LogP contribution in [0.25, 0.3) is 0 Å². The van der Waals surface area contributed by atoms with E-state index in [9.17, 15) is 24.0 Å². The number of anilines is 1. The molecule has 1 aromatic rings. The number of unbranched alkanes of at least 4 members (excludes halogenated alkanes) is 9. The van der Waals surface area contributed by atoms with Crippen molar-refractivity contribution in [2.75, 3.05) is 31.6 Å². The van der Waals surface area contributed by atoms with E-state index in [2.05, 4.69) is 57.0 Å². The Morgan fingerprint density at radius 2 is 1.27 bits per heavy atom. The molecule has 1 amide bonds. The lowest BCUT2D eigenvalue weighted by Gasteiger charge is -2.34. The minimum atomic E-state index is -1.11. The molecular weight excluding hydrogens is 664 g/mol. The molecule has 296 valence electrons. The number of amides is 1. The van der Waals surface area contributed by atoms with Gasteiger partial charge in [0.05, 0.1) is 18.9 Å². The number of likely N-dealkylation sites (tertiary alicyclic amines) is 1. The molecule has 1 heterocycles. The molecule has 1 aliphatic heterocycles. The average molecular weight is 733 g/mol. The quantitative estimate of drug-likeness (QED) is 0.0570. The van der Waals surface area contributed by atoms with E-state index in [1.54, 1.807) is 0 Å². The lowest BCUT2D eigenvalue weighted by atomic mass is 10.00. The molecule has 0 aromatic heterocycles. The van der Waals surface area contributed by atoms with Gasteiger partial charge < -0.3 is 24.6 Å². The summed E-state index contributed by atoms with van der Waals surface area (Å²) in [4.78, 5) is 61.3. The van der Waals surface area contributed by atoms with E-state index in [0.29, 0.717) is 0 Å². The molecule has 0 saturated carbocycles. The van der Waals surface area contributed by atoms with Crippen LogP contribution in [0.15, 0.2) is 18.2 Å². The van der Waals surface area contributed by atoms with Gasteiger partial charge in [0.15, 0.2) is 6.10 Å². The Bertz CT molecular complexity index is 1140. The predicted octanol–water partition coefficient (Wildman–Crippen LogP) is 8.47. The number of hydrogen-bond donors (Lipinski definition) is 2. The summed E-state index contributed by atoms with van der Waals surface area (Å²) in [6, 6.07) is 6.19. The number of benzene rings is 1. The van der Waals surface area contributed by atoms with Gasteiger partial charge in [0.2, 0.25) is 5.91 Å². The van der Waals surface area contributed by atoms with E-state index in [0.717, 1.165) is 107 Å². The van der Waals surface area contributed by atoms with Crippen LogP contribution in [0.2, 0.25) is 0 Å². The van der Waals surface area contributed by atoms with Crippen molar-refractivity contribution in [3.05, 3.63) is 29.3 Å². The molecule has 1 fully saturated rings. The monoisotopic (exact) mass is 732 g/mol. The number of para-hydroxylation sites is 1. The van der Waals surface area contributed by atoms with Crippen molar-refractivity contribution < 1.29 is 43.3 Å². The third-order valence-corrected chi connectivity index (χ3v) is 9.11. The van der Waals surface area contributed by atoms with Crippen molar-refractivity contribution in [3.8, 4) is 0 Å². The van der Waals surface area contributed by atoms with Gasteiger partial charge >= 0.3 is 23.9 Å². The summed E-state index contributed by atoms with van der Waals surface area (Å²) < 4.78 is 15.5. The van der Waals surface area contributed by atoms with E-state index >= 15 is 0 Å². The van der Waals surface area contributed by atoms with Crippen LogP contribution in [0.1, 0.15) is 154 Å². The second-order valence-corrected chi connectivity index (χ2v) is 13.9. The number of esters is 3. The highest BCUT2D eigenvalue weighted by atomic mass is 16.6. The first-order chi connectivity index (χ1) is 25.0. The fraction of sp³-hybridized carbons (Fsp3) is 0.732. The van der Waals surface area contributed by atoms with Gasteiger partial charge in [0.1, 0.15) is 13.2 Å². The van der Waals surface area contributed by atoms with Gasteiger partial charge in [-0.25, -0.2) is 0 Å². The highest BCUT2D eigenvalue weighted by Gasteiger charge is 2.28. The van der Waals surface area contributed by atoms with E-state index in [-0.39, 0.29) is 50.8 Å². The molecule has 0 radical (unpaired) electrons. The van der Waals surface area contributed by atoms with Crippen molar-refractivity contribution in [2.45, 2.75) is 169 Å². The number of carbonyl (C=O) groups excluding carboxylic acids is 4. The van der Waals surface area contributed by atoms with Crippen molar-refractivity contribution in [2.24, 2.45) is 0 Å². The molecule has 52 heavy (non-hydrogen) atoms. The number of nitrogens with zero attached hydrogens (tertiary/aromatic N) is 1. The first-order valence-corrected chi connectivity index (χ1v) is 19.9. The molecule has 11 nitrogen and oxygen atoms in total. The number of carboxylic acids is 1. The number of nitrogens with one attached hydrogen (secondary N) is 1. The number of carbonyl (C=O) groups is 5. The molecule has 2 rings (SSSR count). The van der Waals surface area contributed by atoms with Crippen LogP contribution in [0.4, 0.5) is 5.69 Å². The van der Waals surface area contributed by atoms with Crippen molar-refractivity contribution in [3.63, 3.8) is 0 Å². The molecule has 1 atom stereocenters. The second-order valence-electron chi connectivity index (χ2n) is 13.9. The second kappa shape index (κ2) is 29.0. The third-order valence-electron chi connectivity index (χ3n) is 9.11. The summed E-state index contributed by atoms with van der Waals surface area (Å²) in [7, 11) is 0. The first-order valence-electron chi connectivity index (χ1n) is 19.9. The molecule has 1 saturated heterocycles. The van der Waals surface area contributed by atoms with E-state index in [1.165, 1.54) is 19.3 Å². The Kier molecular flexibility index (Phi) is 26.0. The summed E-state index contributed by atoms with van der Waals surface area (Å²) in [5, 5.41) is 11.8. The minimum absolute atomic E-state index is 0.0457. The SMILES string of the molecule is CCCCCCCC(=O)OCC(COC(=O)CCCCCCC)OC(=O)CCC(=O)O.CCCCN1CCCCC1C(=O)Nc1c(C)cccc1C. The zero-order valence-electron chi connectivity index (χ0n) is 32.8. The Balaban J connectivity index is 0.000000556. The largest absolute Gasteiger partial charge is 0.481 e. The molecular formula is C41H68N2O9. The number of rotatable bonds is 25. The Morgan fingerprint density at radius 1 is 0.731 bits per heavy atom. The van der Waals surface area contributed by atoms with Crippen molar-refractivity contribution in [1.82, 2.24) is 4.90 Å². The van der Waals surface area contributed by atoms with Gasteiger partial charge in [-0.3, -0.25) is 28.9 Å². The van der Waals surface area contributed by atoms with Gasteiger partial charge in [0, 0.05) is 18.5 Å². The molecule has 1 aromatic carbocycles. The molecule has 11 heteroatoms. The lowest BCUT2D eigenvalue weighted by molar-refractivity contribution is -0.167. The smallest absolute Gasteiger partial charge is 0.306 e. The van der Waals surface area contributed by atoms with Gasteiger partial charge in [-0.2, -0.15) is 0 Å². The van der Waals surface area contributed by atoms with Crippen molar-refractivity contribution >= 4 is 35.5 Å². The molecule has 0 bridgehead atoms. The number of aryl methyl sites for hydroxylation is 2. The summed E-state index contributed by atoms with van der Waals surface area (Å²) in [6.07, 6.45) is 14.7. The number of hydrogen-bond acceptors (Lipinski definition) is 9. The summed E-state index contributed by atoms with van der Waals surface area (Å²) in [5.41, 5.74) is 3.27. The molecule has 1 aliphatic rings. The van der Waals surface area contributed by atoms with E-state index in [1.807, 2.05) is 6.07 Å². The zero-order chi connectivity index (χ0) is 38.6. The minimum Gasteiger partial charge on any atom is -0.481 e. The van der Waals surface area contributed by atoms with Gasteiger partial charge in [-0.1, -0.05) is 103 Å². The lowest BCUT2D eigenvalue weighted by Crippen LogP contribution is -2.47. The van der Waals surface area contributed by atoms with Crippen molar-refractivity contribution in [1.29, 1.82) is 0 Å².